The molecular formula is C25H33N3O2. The fourth-order valence-electron chi connectivity index (χ4n) is 3.62. The molecule has 0 bridgehead atoms. The second-order valence-electron chi connectivity index (χ2n) is 8.84. The van der Waals surface area contributed by atoms with Crippen molar-refractivity contribution < 1.29 is 9.59 Å². The number of amides is 2. The van der Waals surface area contributed by atoms with Crippen LogP contribution in [-0.4, -0.2) is 30.8 Å². The fourth-order valence-corrected chi connectivity index (χ4v) is 3.62. The van der Waals surface area contributed by atoms with Crippen LogP contribution in [0, 0.1) is 11.8 Å². The van der Waals surface area contributed by atoms with Gasteiger partial charge < -0.3 is 15.1 Å². The SMILES string of the molecule is CC(C)CC(=O)Nc1ccc(N(C)C)c(CN(Cc2ccccc2)C(=O)C2CC2)c1. The smallest absolute Gasteiger partial charge is 0.226 e. The standard InChI is InChI=1S/C25H33N3O2/c1-18(2)14-24(29)26-22-12-13-23(27(3)4)21(15-22)17-28(25(30)20-10-11-20)16-19-8-6-5-7-9-19/h5-9,12-13,15,18,20H,10-11,14,16-17H2,1-4H3,(H,26,29). The summed E-state index contributed by atoms with van der Waals surface area (Å²) in [4.78, 5) is 29.3. The molecule has 5 nitrogen and oxygen atoms in total. The zero-order chi connectivity index (χ0) is 21.7. The lowest BCUT2D eigenvalue weighted by atomic mass is 10.1. The van der Waals surface area contributed by atoms with Crippen molar-refractivity contribution in [1.82, 2.24) is 4.90 Å². The summed E-state index contributed by atoms with van der Waals surface area (Å²) in [6.07, 6.45) is 2.46. The van der Waals surface area contributed by atoms with E-state index in [4.69, 9.17) is 0 Å². The van der Waals surface area contributed by atoms with Gasteiger partial charge in [0.1, 0.15) is 0 Å². The van der Waals surface area contributed by atoms with Crippen LogP contribution >= 0.6 is 0 Å². The van der Waals surface area contributed by atoms with Gasteiger partial charge in [-0.2, -0.15) is 0 Å². The van der Waals surface area contributed by atoms with Crippen LogP contribution in [0.2, 0.25) is 0 Å². The topological polar surface area (TPSA) is 52.7 Å². The van der Waals surface area contributed by atoms with Gasteiger partial charge in [-0.25, -0.2) is 0 Å². The molecule has 160 valence electrons. The van der Waals surface area contributed by atoms with Gasteiger partial charge in [0, 0.05) is 50.9 Å². The third-order valence-electron chi connectivity index (χ3n) is 5.25. The van der Waals surface area contributed by atoms with Gasteiger partial charge in [0.2, 0.25) is 11.8 Å². The number of benzene rings is 2. The number of carbonyl (C=O) groups is 2. The predicted octanol–water partition coefficient (Wildman–Crippen LogP) is 4.68. The van der Waals surface area contributed by atoms with Crippen molar-refractivity contribution in [3.05, 3.63) is 59.7 Å². The molecule has 0 unspecified atom stereocenters. The van der Waals surface area contributed by atoms with Gasteiger partial charge in [-0.3, -0.25) is 9.59 Å². The first-order valence-electron chi connectivity index (χ1n) is 10.8. The molecule has 0 heterocycles. The van der Waals surface area contributed by atoms with Crippen molar-refractivity contribution in [2.75, 3.05) is 24.3 Å². The lowest BCUT2D eigenvalue weighted by molar-refractivity contribution is -0.133. The molecule has 1 fully saturated rings. The van der Waals surface area contributed by atoms with E-state index in [0.29, 0.717) is 25.4 Å². The van der Waals surface area contributed by atoms with Gasteiger partial charge in [-0.1, -0.05) is 44.2 Å². The summed E-state index contributed by atoms with van der Waals surface area (Å²) in [6.45, 7) is 5.18. The summed E-state index contributed by atoms with van der Waals surface area (Å²) in [5.74, 6) is 0.704. The first-order valence-corrected chi connectivity index (χ1v) is 10.8. The van der Waals surface area contributed by atoms with Gasteiger partial charge in [-0.05, 0) is 48.1 Å². The van der Waals surface area contributed by atoms with Crippen LogP contribution in [-0.2, 0) is 22.7 Å². The normalized spacial score (nSPS) is 13.2. The lowest BCUT2D eigenvalue weighted by Crippen LogP contribution is -2.32. The average molecular weight is 408 g/mol. The average Bonchev–Trinajstić information content (AvgIpc) is 3.52. The Morgan fingerprint density at radius 3 is 2.33 bits per heavy atom. The van der Waals surface area contributed by atoms with Gasteiger partial charge in [0.15, 0.2) is 0 Å². The van der Waals surface area contributed by atoms with E-state index in [0.717, 1.165) is 35.3 Å². The third-order valence-corrected chi connectivity index (χ3v) is 5.25. The monoisotopic (exact) mass is 407 g/mol. The van der Waals surface area contributed by atoms with E-state index in [1.165, 1.54) is 0 Å². The number of rotatable bonds is 9. The van der Waals surface area contributed by atoms with E-state index < -0.39 is 0 Å². The molecule has 3 rings (SSSR count). The quantitative estimate of drug-likeness (QED) is 0.657. The van der Waals surface area contributed by atoms with Crippen molar-refractivity contribution in [2.24, 2.45) is 11.8 Å². The molecule has 30 heavy (non-hydrogen) atoms. The van der Waals surface area contributed by atoms with E-state index in [-0.39, 0.29) is 17.7 Å². The molecule has 1 saturated carbocycles. The highest BCUT2D eigenvalue weighted by Crippen LogP contribution is 2.33. The van der Waals surface area contributed by atoms with Crippen LogP contribution in [0.4, 0.5) is 11.4 Å². The Balaban J connectivity index is 1.84. The first-order chi connectivity index (χ1) is 14.3. The van der Waals surface area contributed by atoms with E-state index in [2.05, 4.69) is 22.3 Å². The number of hydrogen-bond acceptors (Lipinski definition) is 3. The third kappa shape index (κ3) is 6.09. The molecule has 1 N–H and O–H groups in total. The number of anilines is 2. The molecule has 5 heteroatoms. The molecule has 0 atom stereocenters. The summed E-state index contributed by atoms with van der Waals surface area (Å²) >= 11 is 0. The van der Waals surface area contributed by atoms with Crippen LogP contribution in [0.3, 0.4) is 0 Å². The van der Waals surface area contributed by atoms with Gasteiger partial charge >= 0.3 is 0 Å². The Bertz CT molecular complexity index is 873. The van der Waals surface area contributed by atoms with Crippen LogP contribution in [0.25, 0.3) is 0 Å². The second kappa shape index (κ2) is 9.79. The summed E-state index contributed by atoms with van der Waals surface area (Å²) < 4.78 is 0. The number of carbonyl (C=O) groups excluding carboxylic acids is 2. The van der Waals surface area contributed by atoms with Gasteiger partial charge in [0.25, 0.3) is 0 Å². The Morgan fingerprint density at radius 2 is 1.73 bits per heavy atom. The maximum atomic E-state index is 13.0. The lowest BCUT2D eigenvalue weighted by Gasteiger charge is -2.26. The molecule has 2 amide bonds. The maximum Gasteiger partial charge on any atom is 0.226 e. The summed E-state index contributed by atoms with van der Waals surface area (Å²) in [7, 11) is 4.00. The van der Waals surface area contributed by atoms with Crippen molar-refractivity contribution in [1.29, 1.82) is 0 Å². The number of nitrogens with one attached hydrogen (secondary N) is 1. The Hall–Kier alpha value is -2.82. The highest BCUT2D eigenvalue weighted by atomic mass is 16.2. The van der Waals surface area contributed by atoms with E-state index >= 15 is 0 Å². The van der Waals surface area contributed by atoms with Crippen LogP contribution in [0.15, 0.2) is 48.5 Å². The summed E-state index contributed by atoms with van der Waals surface area (Å²) in [6, 6.07) is 16.1. The highest BCUT2D eigenvalue weighted by Gasteiger charge is 2.33. The number of nitrogens with zero attached hydrogens (tertiary/aromatic N) is 2. The van der Waals surface area contributed by atoms with Crippen molar-refractivity contribution >= 4 is 23.2 Å². The van der Waals surface area contributed by atoms with E-state index in [1.807, 2.05) is 69.2 Å². The highest BCUT2D eigenvalue weighted by molar-refractivity contribution is 5.91. The van der Waals surface area contributed by atoms with E-state index in [9.17, 15) is 9.59 Å². The minimum Gasteiger partial charge on any atom is -0.377 e. The zero-order valence-electron chi connectivity index (χ0n) is 18.5. The molecular weight excluding hydrogens is 374 g/mol. The van der Waals surface area contributed by atoms with Gasteiger partial charge in [0.05, 0.1) is 0 Å². The Morgan fingerprint density at radius 1 is 1.03 bits per heavy atom. The van der Waals surface area contributed by atoms with E-state index in [1.54, 1.807) is 0 Å². The van der Waals surface area contributed by atoms with Gasteiger partial charge in [-0.15, -0.1) is 0 Å². The molecule has 2 aromatic rings. The van der Waals surface area contributed by atoms with Crippen molar-refractivity contribution in [3.8, 4) is 0 Å². The number of hydrogen-bond donors (Lipinski definition) is 1. The Labute approximate surface area is 180 Å². The minimum absolute atomic E-state index is 0.0174. The molecule has 1 aliphatic rings. The van der Waals surface area contributed by atoms with Crippen LogP contribution in [0.5, 0.6) is 0 Å². The zero-order valence-corrected chi connectivity index (χ0v) is 18.5. The Kier molecular flexibility index (Phi) is 7.14. The predicted molar refractivity (Wildman–Crippen MR) is 122 cm³/mol. The van der Waals surface area contributed by atoms with Crippen LogP contribution in [0.1, 0.15) is 44.2 Å². The minimum atomic E-state index is 0.0174. The summed E-state index contributed by atoms with van der Waals surface area (Å²) in [5.41, 5.74) is 3.99. The fraction of sp³-hybridized carbons (Fsp3) is 0.440. The summed E-state index contributed by atoms with van der Waals surface area (Å²) in [5, 5.41) is 3.01. The maximum absolute atomic E-state index is 13.0. The molecule has 1 aliphatic carbocycles. The van der Waals surface area contributed by atoms with Crippen molar-refractivity contribution in [2.45, 2.75) is 46.2 Å². The molecule has 0 radical (unpaired) electrons. The molecule has 0 aromatic heterocycles. The molecule has 0 spiro atoms. The molecule has 0 saturated heterocycles. The molecule has 2 aromatic carbocycles. The van der Waals surface area contributed by atoms with Crippen LogP contribution < -0.4 is 10.2 Å². The first kappa shape index (κ1) is 21.9. The second-order valence-corrected chi connectivity index (χ2v) is 8.84. The molecule has 0 aliphatic heterocycles. The largest absolute Gasteiger partial charge is 0.377 e. The van der Waals surface area contributed by atoms with Crippen molar-refractivity contribution in [3.63, 3.8) is 0 Å².